The molecule has 0 unspecified atom stereocenters. The molecule has 1 aliphatic carbocycles. The molecule has 7 nitrogen and oxygen atoms in total. The van der Waals surface area contributed by atoms with E-state index in [0.717, 1.165) is 25.0 Å². The van der Waals surface area contributed by atoms with Crippen LogP contribution in [0.4, 0.5) is 23.4 Å². The molecule has 6 rings (SSSR count). The van der Waals surface area contributed by atoms with E-state index in [0.29, 0.717) is 29.6 Å². The molecule has 0 radical (unpaired) electrons. The number of piperidine rings is 1. The van der Waals surface area contributed by atoms with Crippen molar-refractivity contribution in [2.24, 2.45) is 5.41 Å². The summed E-state index contributed by atoms with van der Waals surface area (Å²) in [6.07, 6.45) is 1.02. The highest BCUT2D eigenvalue weighted by Crippen LogP contribution is 2.54. The Balaban J connectivity index is 1.15. The van der Waals surface area contributed by atoms with Crippen molar-refractivity contribution in [1.82, 2.24) is 14.5 Å². The van der Waals surface area contributed by atoms with Crippen molar-refractivity contribution in [3.8, 4) is 17.4 Å². The maximum absolute atomic E-state index is 14.6. The van der Waals surface area contributed by atoms with Crippen LogP contribution in [0.2, 0.25) is 0 Å². The summed E-state index contributed by atoms with van der Waals surface area (Å²) < 4.78 is 65.8. The summed E-state index contributed by atoms with van der Waals surface area (Å²) in [5.74, 6) is -0.218. The van der Waals surface area contributed by atoms with Crippen molar-refractivity contribution >= 4 is 5.82 Å². The third-order valence-corrected chi connectivity index (χ3v) is 7.20. The van der Waals surface area contributed by atoms with Gasteiger partial charge in [-0.3, -0.25) is 9.55 Å². The average Bonchev–Trinajstić information content (AvgIpc) is 3.49. The van der Waals surface area contributed by atoms with Crippen LogP contribution < -0.4 is 20.1 Å². The highest BCUT2D eigenvalue weighted by atomic mass is 19.4. The molecule has 1 spiro atoms. The number of hydrogen-bond acceptors (Lipinski definition) is 6. The predicted molar refractivity (Wildman–Crippen MR) is 121 cm³/mol. The number of pyridine rings is 1. The van der Waals surface area contributed by atoms with Crippen LogP contribution in [-0.2, 0) is 19.3 Å². The molecule has 0 N–H and O–H groups in total. The van der Waals surface area contributed by atoms with Gasteiger partial charge in [-0.15, -0.1) is 0 Å². The van der Waals surface area contributed by atoms with E-state index < -0.39 is 17.7 Å². The van der Waals surface area contributed by atoms with E-state index in [-0.39, 0.29) is 29.7 Å². The van der Waals surface area contributed by atoms with Crippen LogP contribution in [0.3, 0.4) is 0 Å². The molecule has 188 valence electrons. The summed E-state index contributed by atoms with van der Waals surface area (Å²) in [5, 5.41) is 0. The summed E-state index contributed by atoms with van der Waals surface area (Å²) in [5.41, 5.74) is -0.669. The lowest BCUT2D eigenvalue weighted by molar-refractivity contribution is -0.141. The lowest BCUT2D eigenvalue weighted by atomic mass is 9.91. The second kappa shape index (κ2) is 8.21. The quantitative estimate of drug-likeness (QED) is 0.461. The Bertz CT molecular complexity index is 1390. The van der Waals surface area contributed by atoms with Gasteiger partial charge in [-0.2, -0.15) is 18.2 Å². The number of ether oxygens (including phenoxy) is 2. The minimum atomic E-state index is -4.64. The van der Waals surface area contributed by atoms with Crippen LogP contribution in [0.1, 0.15) is 36.9 Å². The SMILES string of the molecule is O=c1nc(OCc2ccc(Oc3ccnc(C(F)(F)F)c3)c(F)c2)cc2n1C[C@@H]1CCC3(CC3)CN21. The molecule has 1 saturated carbocycles. The number of nitrogens with zero attached hydrogens (tertiary/aromatic N) is 4. The monoisotopic (exact) mass is 502 g/mol. The maximum atomic E-state index is 14.6. The summed E-state index contributed by atoms with van der Waals surface area (Å²) in [4.78, 5) is 22.2. The molecule has 1 atom stereocenters. The number of alkyl halides is 3. The molecule has 3 aromatic rings. The minimum Gasteiger partial charge on any atom is -0.473 e. The standard InChI is InChI=1S/C25H22F4N4O3/c26-18-9-15(1-2-19(18)36-17-4-8-30-20(10-17)25(27,28)29)13-35-21-11-22-32(23(34)31-21)12-16-3-5-24(6-7-24)14-33(16)22/h1-2,4,8-11,16H,3,5-7,12-14H2/t16-/m0/s1. The van der Waals surface area contributed by atoms with Gasteiger partial charge in [0, 0.05) is 37.5 Å². The Morgan fingerprint density at radius 3 is 2.69 bits per heavy atom. The van der Waals surface area contributed by atoms with Gasteiger partial charge in [0.05, 0.1) is 0 Å². The number of hydrogen-bond donors (Lipinski definition) is 0. The van der Waals surface area contributed by atoms with Crippen molar-refractivity contribution in [3.63, 3.8) is 0 Å². The Morgan fingerprint density at radius 2 is 1.94 bits per heavy atom. The summed E-state index contributed by atoms with van der Waals surface area (Å²) in [6, 6.07) is 7.98. The van der Waals surface area contributed by atoms with Gasteiger partial charge in [-0.05, 0) is 54.9 Å². The van der Waals surface area contributed by atoms with Crippen LogP contribution in [0.25, 0.3) is 0 Å². The number of anilines is 1. The van der Waals surface area contributed by atoms with Gasteiger partial charge in [0.25, 0.3) is 0 Å². The molecule has 3 aliphatic rings. The first-order valence-corrected chi connectivity index (χ1v) is 11.7. The molecular weight excluding hydrogens is 480 g/mol. The van der Waals surface area contributed by atoms with E-state index in [9.17, 15) is 22.4 Å². The second-order valence-electron chi connectivity index (χ2n) is 9.70. The van der Waals surface area contributed by atoms with Crippen molar-refractivity contribution in [2.75, 3.05) is 11.4 Å². The van der Waals surface area contributed by atoms with Gasteiger partial charge < -0.3 is 14.4 Å². The molecule has 1 aromatic carbocycles. The first-order valence-electron chi connectivity index (χ1n) is 11.7. The van der Waals surface area contributed by atoms with Crippen molar-refractivity contribution < 1.29 is 27.0 Å². The number of fused-ring (bicyclic) bond motifs is 3. The fourth-order valence-electron chi connectivity index (χ4n) is 5.04. The zero-order chi connectivity index (χ0) is 25.1. The van der Waals surface area contributed by atoms with Gasteiger partial charge in [0.1, 0.15) is 23.9 Å². The Morgan fingerprint density at radius 1 is 1.11 bits per heavy atom. The zero-order valence-corrected chi connectivity index (χ0v) is 19.1. The van der Waals surface area contributed by atoms with E-state index in [4.69, 9.17) is 9.47 Å². The fourth-order valence-corrected chi connectivity index (χ4v) is 5.04. The van der Waals surface area contributed by atoms with Crippen LogP contribution in [-0.4, -0.2) is 27.1 Å². The van der Waals surface area contributed by atoms with Crippen LogP contribution >= 0.6 is 0 Å². The normalized spacial score (nSPS) is 19.7. The van der Waals surface area contributed by atoms with E-state index >= 15 is 0 Å². The maximum Gasteiger partial charge on any atom is 0.433 e. The second-order valence-corrected chi connectivity index (χ2v) is 9.70. The topological polar surface area (TPSA) is 69.5 Å². The van der Waals surface area contributed by atoms with E-state index in [1.807, 2.05) is 0 Å². The predicted octanol–water partition coefficient (Wildman–Crippen LogP) is 4.93. The zero-order valence-electron chi connectivity index (χ0n) is 19.1. The Labute approximate surface area is 203 Å². The third-order valence-electron chi connectivity index (χ3n) is 7.20. The van der Waals surface area contributed by atoms with Crippen molar-refractivity contribution in [3.05, 3.63) is 70.2 Å². The van der Waals surface area contributed by atoms with E-state index in [2.05, 4.69) is 14.9 Å². The molecule has 0 amide bonds. The molecule has 2 aliphatic heterocycles. The molecular formula is C25H22F4N4O3. The molecule has 1 saturated heterocycles. The number of aromatic nitrogens is 3. The van der Waals surface area contributed by atoms with Gasteiger partial charge in [0.15, 0.2) is 11.6 Å². The largest absolute Gasteiger partial charge is 0.473 e. The molecule has 2 fully saturated rings. The van der Waals surface area contributed by atoms with Gasteiger partial charge in [-0.1, -0.05) is 6.07 Å². The lowest BCUT2D eigenvalue weighted by Crippen LogP contribution is -2.42. The lowest BCUT2D eigenvalue weighted by Gasteiger charge is -2.36. The number of halogens is 4. The molecule has 4 heterocycles. The Hall–Kier alpha value is -3.63. The molecule has 11 heteroatoms. The first-order chi connectivity index (χ1) is 17.2. The average molecular weight is 502 g/mol. The van der Waals surface area contributed by atoms with Gasteiger partial charge in [-0.25, -0.2) is 9.18 Å². The van der Waals surface area contributed by atoms with Crippen molar-refractivity contribution in [2.45, 2.75) is 51.1 Å². The minimum absolute atomic E-state index is 0.0477. The third kappa shape index (κ3) is 4.27. The fraction of sp³-hybridized carbons (Fsp3) is 0.400. The Kier molecular flexibility index (Phi) is 5.20. The van der Waals surface area contributed by atoms with Gasteiger partial charge >= 0.3 is 11.9 Å². The summed E-state index contributed by atoms with van der Waals surface area (Å²) in [7, 11) is 0. The van der Waals surface area contributed by atoms with Crippen LogP contribution in [0.5, 0.6) is 17.4 Å². The van der Waals surface area contributed by atoms with Crippen molar-refractivity contribution in [1.29, 1.82) is 0 Å². The first kappa shape index (κ1) is 22.8. The van der Waals surface area contributed by atoms with Gasteiger partial charge in [0.2, 0.25) is 5.88 Å². The van der Waals surface area contributed by atoms with E-state index in [1.165, 1.54) is 43.5 Å². The number of rotatable bonds is 5. The van der Waals surface area contributed by atoms with E-state index in [1.54, 1.807) is 10.6 Å². The molecule has 2 aromatic heterocycles. The number of benzene rings is 1. The summed E-state index contributed by atoms with van der Waals surface area (Å²) in [6.45, 7) is 1.52. The molecule has 36 heavy (non-hydrogen) atoms. The van der Waals surface area contributed by atoms with Crippen LogP contribution in [0.15, 0.2) is 47.4 Å². The highest BCUT2D eigenvalue weighted by Gasteiger charge is 2.50. The van der Waals surface area contributed by atoms with Crippen LogP contribution in [0, 0.1) is 11.2 Å². The smallest absolute Gasteiger partial charge is 0.433 e. The molecule has 0 bridgehead atoms. The summed E-state index contributed by atoms with van der Waals surface area (Å²) >= 11 is 0. The highest BCUT2D eigenvalue weighted by molar-refractivity contribution is 5.48.